The van der Waals surface area contributed by atoms with Gasteiger partial charge in [0.15, 0.2) is 6.61 Å². The summed E-state index contributed by atoms with van der Waals surface area (Å²) in [4.78, 5) is 23.0. The minimum Gasteiger partial charge on any atom is -0.484 e. The van der Waals surface area contributed by atoms with Crippen molar-refractivity contribution in [2.75, 3.05) is 19.7 Å². The summed E-state index contributed by atoms with van der Waals surface area (Å²) in [5.74, 6) is 0.336. The summed E-state index contributed by atoms with van der Waals surface area (Å²) in [6.45, 7) is 6.31. The van der Waals surface area contributed by atoms with Gasteiger partial charge in [-0.05, 0) is 38.5 Å². The van der Waals surface area contributed by atoms with Crippen LogP contribution in [0.25, 0.3) is 0 Å². The van der Waals surface area contributed by atoms with Crippen molar-refractivity contribution in [1.82, 2.24) is 10.6 Å². The second-order valence-corrected chi connectivity index (χ2v) is 5.92. The largest absolute Gasteiger partial charge is 0.484 e. The van der Waals surface area contributed by atoms with Crippen molar-refractivity contribution in [3.63, 3.8) is 0 Å². The van der Waals surface area contributed by atoms with Crippen molar-refractivity contribution >= 4 is 12.0 Å². The molecule has 0 atom stereocenters. The lowest BCUT2D eigenvalue weighted by Gasteiger charge is -2.19. The molecule has 0 aliphatic rings. The van der Waals surface area contributed by atoms with Crippen LogP contribution in [-0.4, -0.2) is 37.3 Å². The zero-order valence-electron chi connectivity index (χ0n) is 13.8. The molecule has 0 aliphatic heterocycles. The Labute approximate surface area is 136 Å². The molecule has 0 saturated carbocycles. The predicted molar refractivity (Wildman–Crippen MR) is 87.1 cm³/mol. The lowest BCUT2D eigenvalue weighted by atomic mass is 10.2. The van der Waals surface area contributed by atoms with Crippen molar-refractivity contribution in [2.45, 2.75) is 32.9 Å². The van der Waals surface area contributed by atoms with E-state index in [4.69, 9.17) is 15.2 Å². The monoisotopic (exact) mass is 323 g/mol. The van der Waals surface area contributed by atoms with Gasteiger partial charge in [-0.3, -0.25) is 4.79 Å². The van der Waals surface area contributed by atoms with E-state index in [1.807, 2.05) is 12.1 Å². The van der Waals surface area contributed by atoms with E-state index >= 15 is 0 Å². The Balaban J connectivity index is 2.15. The molecule has 7 nitrogen and oxygen atoms in total. The first-order valence-corrected chi connectivity index (χ1v) is 7.45. The molecule has 0 spiro atoms. The number of nitrogens with one attached hydrogen (secondary N) is 2. The zero-order valence-corrected chi connectivity index (χ0v) is 13.8. The minimum absolute atomic E-state index is 0.0889. The molecule has 2 amide bonds. The van der Waals surface area contributed by atoms with E-state index in [1.165, 1.54) is 0 Å². The third-order valence-electron chi connectivity index (χ3n) is 2.64. The molecule has 128 valence electrons. The molecule has 0 saturated heterocycles. The standard InChI is InChI=1S/C16H25N3O4/c1-16(2,3)23-15(21)19-9-8-18-14(20)11-22-13-6-4-12(10-17)5-7-13/h4-7H,8-11,17H2,1-3H3,(H,18,20)(H,19,21). The number of carbonyl (C=O) groups is 2. The molecular formula is C16H25N3O4. The Hall–Kier alpha value is -2.28. The first kappa shape index (κ1) is 18.8. The maximum atomic E-state index is 11.6. The predicted octanol–water partition coefficient (Wildman–Crippen LogP) is 1.17. The summed E-state index contributed by atoms with van der Waals surface area (Å²) in [5, 5.41) is 5.19. The van der Waals surface area contributed by atoms with Gasteiger partial charge >= 0.3 is 6.09 Å². The molecule has 1 aromatic rings. The number of nitrogens with two attached hydrogens (primary N) is 1. The average Bonchev–Trinajstić information content (AvgIpc) is 2.48. The lowest BCUT2D eigenvalue weighted by molar-refractivity contribution is -0.123. The van der Waals surface area contributed by atoms with Crippen LogP contribution in [0.3, 0.4) is 0 Å². The van der Waals surface area contributed by atoms with E-state index < -0.39 is 11.7 Å². The van der Waals surface area contributed by atoms with Gasteiger partial charge in [-0.1, -0.05) is 12.1 Å². The van der Waals surface area contributed by atoms with Crippen LogP contribution in [0.4, 0.5) is 4.79 Å². The number of rotatable bonds is 7. The molecule has 0 radical (unpaired) electrons. The van der Waals surface area contributed by atoms with Gasteiger partial charge < -0.3 is 25.8 Å². The fourth-order valence-electron chi connectivity index (χ4n) is 1.60. The highest BCUT2D eigenvalue weighted by molar-refractivity contribution is 5.77. The summed E-state index contributed by atoms with van der Waals surface area (Å²) in [6.07, 6.45) is -0.511. The summed E-state index contributed by atoms with van der Waals surface area (Å²) in [7, 11) is 0. The number of alkyl carbamates (subject to hydrolysis) is 1. The Kier molecular flexibility index (Phi) is 7.34. The fourth-order valence-corrected chi connectivity index (χ4v) is 1.60. The third-order valence-corrected chi connectivity index (χ3v) is 2.64. The summed E-state index contributed by atoms with van der Waals surface area (Å²) >= 11 is 0. The van der Waals surface area contributed by atoms with E-state index in [-0.39, 0.29) is 19.1 Å². The molecule has 7 heteroatoms. The number of benzene rings is 1. The average molecular weight is 323 g/mol. The van der Waals surface area contributed by atoms with Crippen LogP contribution in [-0.2, 0) is 16.1 Å². The van der Waals surface area contributed by atoms with Gasteiger partial charge in [0.25, 0.3) is 5.91 Å². The molecule has 1 aromatic carbocycles. The topological polar surface area (TPSA) is 103 Å². The number of carbonyl (C=O) groups excluding carboxylic acids is 2. The van der Waals surface area contributed by atoms with Gasteiger partial charge in [0.1, 0.15) is 11.4 Å². The molecule has 4 N–H and O–H groups in total. The molecule has 0 aromatic heterocycles. The van der Waals surface area contributed by atoms with Crippen LogP contribution in [0, 0.1) is 0 Å². The molecule has 0 aliphatic carbocycles. The first-order chi connectivity index (χ1) is 10.8. The van der Waals surface area contributed by atoms with Crippen LogP contribution in [0.1, 0.15) is 26.3 Å². The van der Waals surface area contributed by atoms with Crippen molar-refractivity contribution in [3.05, 3.63) is 29.8 Å². The molecule has 23 heavy (non-hydrogen) atoms. The summed E-state index contributed by atoms with van der Waals surface area (Å²) in [5.41, 5.74) is 5.96. The van der Waals surface area contributed by atoms with Gasteiger partial charge in [0.2, 0.25) is 0 Å². The molecule has 0 heterocycles. The Bertz CT molecular complexity index is 509. The van der Waals surface area contributed by atoms with Gasteiger partial charge in [0, 0.05) is 19.6 Å². The number of hydrogen-bond donors (Lipinski definition) is 3. The lowest BCUT2D eigenvalue weighted by Crippen LogP contribution is -2.39. The molecule has 0 bridgehead atoms. The SMILES string of the molecule is CC(C)(C)OC(=O)NCCNC(=O)COc1ccc(CN)cc1. The smallest absolute Gasteiger partial charge is 0.407 e. The van der Waals surface area contributed by atoms with Gasteiger partial charge in [-0.25, -0.2) is 4.79 Å². The molecule has 1 rings (SSSR count). The molecule has 0 fully saturated rings. The Morgan fingerprint density at radius 1 is 1.09 bits per heavy atom. The van der Waals surface area contributed by atoms with Gasteiger partial charge in [0.05, 0.1) is 0 Å². The number of hydrogen-bond acceptors (Lipinski definition) is 5. The minimum atomic E-state index is -0.541. The second-order valence-electron chi connectivity index (χ2n) is 5.92. The maximum Gasteiger partial charge on any atom is 0.407 e. The van der Waals surface area contributed by atoms with Crippen molar-refractivity contribution < 1.29 is 19.1 Å². The number of amides is 2. The van der Waals surface area contributed by atoms with E-state index in [2.05, 4.69) is 10.6 Å². The fraction of sp³-hybridized carbons (Fsp3) is 0.500. The number of ether oxygens (including phenoxy) is 2. The van der Waals surface area contributed by atoms with Crippen LogP contribution in [0.5, 0.6) is 5.75 Å². The highest BCUT2D eigenvalue weighted by atomic mass is 16.6. The highest BCUT2D eigenvalue weighted by Gasteiger charge is 2.15. The van der Waals surface area contributed by atoms with Crippen molar-refractivity contribution in [1.29, 1.82) is 0 Å². The molecular weight excluding hydrogens is 298 g/mol. The van der Waals surface area contributed by atoms with Crippen LogP contribution < -0.4 is 21.1 Å². The Morgan fingerprint density at radius 2 is 1.70 bits per heavy atom. The molecule has 0 unspecified atom stereocenters. The van der Waals surface area contributed by atoms with Crippen LogP contribution in [0.2, 0.25) is 0 Å². The van der Waals surface area contributed by atoms with Crippen molar-refractivity contribution in [3.8, 4) is 5.75 Å². The second kappa shape index (κ2) is 8.99. The van der Waals surface area contributed by atoms with E-state index in [1.54, 1.807) is 32.9 Å². The van der Waals surface area contributed by atoms with Gasteiger partial charge in [-0.15, -0.1) is 0 Å². The van der Waals surface area contributed by atoms with E-state index in [0.717, 1.165) is 5.56 Å². The van der Waals surface area contributed by atoms with E-state index in [9.17, 15) is 9.59 Å². The van der Waals surface area contributed by atoms with Gasteiger partial charge in [-0.2, -0.15) is 0 Å². The normalized spacial score (nSPS) is 10.8. The Morgan fingerprint density at radius 3 is 2.26 bits per heavy atom. The highest BCUT2D eigenvalue weighted by Crippen LogP contribution is 2.11. The maximum absolute atomic E-state index is 11.6. The van der Waals surface area contributed by atoms with Crippen molar-refractivity contribution in [2.24, 2.45) is 5.73 Å². The van der Waals surface area contributed by atoms with E-state index in [0.29, 0.717) is 18.8 Å². The zero-order chi connectivity index (χ0) is 17.3. The van der Waals surface area contributed by atoms with Crippen LogP contribution in [0.15, 0.2) is 24.3 Å². The summed E-state index contributed by atoms with van der Waals surface area (Å²) in [6, 6.07) is 7.22. The first-order valence-electron chi connectivity index (χ1n) is 7.45. The quantitative estimate of drug-likeness (QED) is 0.654. The summed E-state index contributed by atoms with van der Waals surface area (Å²) < 4.78 is 10.4. The third kappa shape index (κ3) is 8.67. The van der Waals surface area contributed by atoms with Crippen LogP contribution >= 0.6 is 0 Å².